The third kappa shape index (κ3) is 5.82. The molecule has 0 unspecified atom stereocenters. The van der Waals surface area contributed by atoms with E-state index in [0.717, 1.165) is 23.4 Å². The monoisotopic (exact) mass is 340 g/mol. The number of benzene rings is 2. The molecule has 4 heteroatoms. The number of anilines is 1. The Balaban J connectivity index is 1.85. The van der Waals surface area contributed by atoms with E-state index in [4.69, 9.17) is 4.74 Å². The van der Waals surface area contributed by atoms with Gasteiger partial charge in [0, 0.05) is 12.2 Å². The second-order valence-corrected chi connectivity index (χ2v) is 7.00. The molecular weight excluding hydrogens is 312 g/mol. The van der Waals surface area contributed by atoms with Gasteiger partial charge in [0.1, 0.15) is 5.75 Å². The van der Waals surface area contributed by atoms with E-state index in [1.807, 2.05) is 49.4 Å². The highest BCUT2D eigenvalue weighted by Gasteiger charge is 2.18. The van der Waals surface area contributed by atoms with Crippen LogP contribution in [0.1, 0.15) is 38.8 Å². The van der Waals surface area contributed by atoms with Crippen LogP contribution in [-0.2, 0) is 11.8 Å². The lowest BCUT2D eigenvalue weighted by molar-refractivity contribution is 0.252. The Kier molecular flexibility index (Phi) is 6.45. The predicted molar refractivity (Wildman–Crippen MR) is 103 cm³/mol. The summed E-state index contributed by atoms with van der Waals surface area (Å²) in [6.45, 7) is 9.62. The first kappa shape index (κ1) is 18.8. The summed E-state index contributed by atoms with van der Waals surface area (Å²) in [6.07, 6.45) is 0.779. The Morgan fingerprint density at radius 3 is 2.36 bits per heavy atom. The Labute approximate surface area is 150 Å². The number of ether oxygens (including phenoxy) is 1. The second-order valence-electron chi connectivity index (χ2n) is 7.00. The van der Waals surface area contributed by atoms with Crippen LogP contribution in [0.3, 0.4) is 0 Å². The van der Waals surface area contributed by atoms with E-state index in [2.05, 4.69) is 37.5 Å². The minimum atomic E-state index is -0.178. The molecule has 0 aliphatic heterocycles. The third-order valence-corrected chi connectivity index (χ3v) is 3.92. The highest BCUT2D eigenvalue weighted by Crippen LogP contribution is 2.29. The maximum absolute atomic E-state index is 12.2. The zero-order valence-corrected chi connectivity index (χ0v) is 15.6. The Hall–Kier alpha value is -2.49. The van der Waals surface area contributed by atoms with Crippen molar-refractivity contribution in [1.82, 2.24) is 5.32 Å². The average Bonchev–Trinajstić information content (AvgIpc) is 2.56. The van der Waals surface area contributed by atoms with Gasteiger partial charge in [0.2, 0.25) is 0 Å². The number of carbonyl (C=O) groups is 1. The fourth-order valence-corrected chi connectivity index (χ4v) is 2.65. The maximum Gasteiger partial charge on any atom is 0.319 e. The smallest absolute Gasteiger partial charge is 0.319 e. The van der Waals surface area contributed by atoms with Crippen molar-refractivity contribution in [3.05, 3.63) is 59.7 Å². The first-order valence-corrected chi connectivity index (χ1v) is 8.76. The summed E-state index contributed by atoms with van der Waals surface area (Å²) in [6, 6.07) is 15.7. The molecule has 0 aromatic heterocycles. The van der Waals surface area contributed by atoms with E-state index in [1.165, 1.54) is 5.56 Å². The third-order valence-electron chi connectivity index (χ3n) is 3.92. The van der Waals surface area contributed by atoms with Gasteiger partial charge < -0.3 is 15.4 Å². The summed E-state index contributed by atoms with van der Waals surface area (Å²) in [4.78, 5) is 12.2. The SMILES string of the molecule is CCOc1ccc(CCNC(=O)Nc2ccccc2C(C)(C)C)cc1. The summed E-state index contributed by atoms with van der Waals surface area (Å²) in [5, 5.41) is 5.88. The fraction of sp³-hybridized carbons (Fsp3) is 0.381. The largest absolute Gasteiger partial charge is 0.494 e. The van der Waals surface area contributed by atoms with Gasteiger partial charge in [-0.15, -0.1) is 0 Å². The molecule has 0 aliphatic rings. The van der Waals surface area contributed by atoms with E-state index in [0.29, 0.717) is 13.2 Å². The van der Waals surface area contributed by atoms with Gasteiger partial charge in [-0.05, 0) is 48.1 Å². The number of nitrogens with one attached hydrogen (secondary N) is 2. The second kappa shape index (κ2) is 8.56. The summed E-state index contributed by atoms with van der Waals surface area (Å²) in [7, 11) is 0. The summed E-state index contributed by atoms with van der Waals surface area (Å²) < 4.78 is 5.43. The van der Waals surface area contributed by atoms with E-state index >= 15 is 0 Å². The fourth-order valence-electron chi connectivity index (χ4n) is 2.65. The van der Waals surface area contributed by atoms with E-state index in [1.54, 1.807) is 0 Å². The lowest BCUT2D eigenvalue weighted by Crippen LogP contribution is -2.31. The molecule has 0 spiro atoms. The number of rotatable bonds is 6. The topological polar surface area (TPSA) is 50.4 Å². The zero-order chi connectivity index (χ0) is 18.3. The molecule has 0 aliphatic carbocycles. The van der Waals surface area contributed by atoms with Crippen LogP contribution in [0.2, 0.25) is 0 Å². The molecular formula is C21H28N2O2. The lowest BCUT2D eigenvalue weighted by Gasteiger charge is -2.23. The van der Waals surface area contributed by atoms with Gasteiger partial charge in [0.05, 0.1) is 6.61 Å². The van der Waals surface area contributed by atoms with E-state index in [9.17, 15) is 4.79 Å². The van der Waals surface area contributed by atoms with Crippen LogP contribution in [0.25, 0.3) is 0 Å². The van der Waals surface area contributed by atoms with E-state index < -0.39 is 0 Å². The first-order valence-electron chi connectivity index (χ1n) is 8.76. The van der Waals surface area contributed by atoms with Crippen LogP contribution < -0.4 is 15.4 Å². The van der Waals surface area contributed by atoms with Gasteiger partial charge in [-0.25, -0.2) is 4.79 Å². The quantitative estimate of drug-likeness (QED) is 0.797. The summed E-state index contributed by atoms with van der Waals surface area (Å²) in [5.41, 5.74) is 3.12. The van der Waals surface area contributed by atoms with Gasteiger partial charge >= 0.3 is 6.03 Å². The number of carbonyl (C=O) groups excluding carboxylic acids is 1. The van der Waals surface area contributed by atoms with Crippen molar-refractivity contribution in [1.29, 1.82) is 0 Å². The highest BCUT2D eigenvalue weighted by atomic mass is 16.5. The van der Waals surface area contributed by atoms with Crippen LogP contribution in [0.4, 0.5) is 10.5 Å². The molecule has 134 valence electrons. The Morgan fingerprint density at radius 2 is 1.72 bits per heavy atom. The molecule has 0 fully saturated rings. The number of urea groups is 1. The van der Waals surface area contributed by atoms with Crippen LogP contribution in [0.5, 0.6) is 5.75 Å². The lowest BCUT2D eigenvalue weighted by atomic mass is 9.86. The maximum atomic E-state index is 12.2. The molecule has 2 aromatic carbocycles. The molecule has 0 saturated carbocycles. The minimum Gasteiger partial charge on any atom is -0.494 e. The molecule has 25 heavy (non-hydrogen) atoms. The standard InChI is InChI=1S/C21H28N2O2/c1-5-25-17-12-10-16(11-13-17)14-15-22-20(24)23-19-9-7-6-8-18(19)21(2,3)4/h6-13H,5,14-15H2,1-4H3,(H2,22,23,24). The number of amides is 2. The van der Waals surface area contributed by atoms with Gasteiger partial charge in [-0.3, -0.25) is 0 Å². The molecule has 0 bridgehead atoms. The molecule has 0 heterocycles. The van der Waals surface area contributed by atoms with Crippen LogP contribution in [-0.4, -0.2) is 19.2 Å². The van der Waals surface area contributed by atoms with Gasteiger partial charge in [0.15, 0.2) is 0 Å². The number of hydrogen-bond acceptors (Lipinski definition) is 2. The minimum absolute atomic E-state index is 0.0216. The van der Waals surface area contributed by atoms with Crippen LogP contribution in [0, 0.1) is 0 Å². The van der Waals surface area contributed by atoms with Crippen molar-refractivity contribution >= 4 is 11.7 Å². The number of para-hydroxylation sites is 1. The molecule has 4 nitrogen and oxygen atoms in total. The molecule has 0 atom stereocenters. The zero-order valence-electron chi connectivity index (χ0n) is 15.6. The Morgan fingerprint density at radius 1 is 1.04 bits per heavy atom. The van der Waals surface area contributed by atoms with Crippen molar-refractivity contribution < 1.29 is 9.53 Å². The molecule has 2 aromatic rings. The van der Waals surface area contributed by atoms with Crippen LogP contribution >= 0.6 is 0 Å². The normalized spacial score (nSPS) is 11.0. The highest BCUT2D eigenvalue weighted by molar-refractivity contribution is 5.90. The van der Waals surface area contributed by atoms with Gasteiger partial charge in [-0.1, -0.05) is 51.1 Å². The van der Waals surface area contributed by atoms with Gasteiger partial charge in [0.25, 0.3) is 0 Å². The molecule has 0 saturated heterocycles. The first-order chi connectivity index (χ1) is 11.9. The Bertz CT molecular complexity index is 688. The van der Waals surface area contributed by atoms with Crippen LogP contribution in [0.15, 0.2) is 48.5 Å². The van der Waals surface area contributed by atoms with Crippen molar-refractivity contribution in [3.63, 3.8) is 0 Å². The van der Waals surface area contributed by atoms with E-state index in [-0.39, 0.29) is 11.4 Å². The van der Waals surface area contributed by atoms with Crippen molar-refractivity contribution in [3.8, 4) is 5.75 Å². The summed E-state index contributed by atoms with van der Waals surface area (Å²) >= 11 is 0. The molecule has 2 N–H and O–H groups in total. The van der Waals surface area contributed by atoms with Gasteiger partial charge in [-0.2, -0.15) is 0 Å². The predicted octanol–water partition coefficient (Wildman–Crippen LogP) is 4.75. The molecule has 0 radical (unpaired) electrons. The van der Waals surface area contributed by atoms with Crippen molar-refractivity contribution in [2.45, 2.75) is 39.5 Å². The van der Waals surface area contributed by atoms with Crippen molar-refractivity contribution in [2.75, 3.05) is 18.5 Å². The number of hydrogen-bond donors (Lipinski definition) is 2. The summed E-state index contributed by atoms with van der Waals surface area (Å²) in [5.74, 6) is 0.871. The molecule has 2 amide bonds. The van der Waals surface area contributed by atoms with Crippen molar-refractivity contribution in [2.24, 2.45) is 0 Å². The molecule has 2 rings (SSSR count). The average molecular weight is 340 g/mol.